The molecule has 0 saturated carbocycles. The summed E-state index contributed by atoms with van der Waals surface area (Å²) >= 11 is 0. The Bertz CT molecular complexity index is 1070. The maximum absolute atomic E-state index is 13.4. The van der Waals surface area contributed by atoms with Crippen LogP contribution in [0, 0.1) is 10.1 Å². The van der Waals surface area contributed by atoms with E-state index in [1.165, 1.54) is 19.1 Å². The van der Waals surface area contributed by atoms with Gasteiger partial charge >= 0.3 is 0 Å². The summed E-state index contributed by atoms with van der Waals surface area (Å²) < 4.78 is 0. The van der Waals surface area contributed by atoms with Crippen molar-refractivity contribution in [2.24, 2.45) is 0 Å². The number of nitro groups is 1. The first-order valence-corrected chi connectivity index (χ1v) is 10.3. The van der Waals surface area contributed by atoms with Gasteiger partial charge in [0.25, 0.3) is 11.6 Å². The minimum atomic E-state index is -0.528. The van der Waals surface area contributed by atoms with Crippen molar-refractivity contribution in [1.29, 1.82) is 0 Å². The number of amides is 2. The number of rotatable bonds is 4. The summed E-state index contributed by atoms with van der Waals surface area (Å²) in [7, 11) is 2.08. The van der Waals surface area contributed by atoms with Gasteiger partial charge in [-0.15, -0.1) is 0 Å². The first-order valence-electron chi connectivity index (χ1n) is 10.3. The highest BCUT2D eigenvalue weighted by molar-refractivity contribution is 6.43. The average molecular weight is 420 g/mol. The molecule has 8 nitrogen and oxygen atoms in total. The van der Waals surface area contributed by atoms with E-state index in [0.29, 0.717) is 16.8 Å². The topological polar surface area (TPSA) is 95.8 Å². The van der Waals surface area contributed by atoms with Crippen LogP contribution in [0.25, 0.3) is 11.3 Å². The standard InChI is InChI=1S/C23H24N4O4/c1-15(28)26-20-14-18(27(30)31)8-9-19(20)21(23(26)29)22(16-6-4-3-5-7-16)24-17-10-12-25(2)13-11-17/h3-9,14,17,24H,10-13H2,1-2H3/b22-21-. The molecule has 4 rings (SSSR count). The molecule has 0 aromatic heterocycles. The van der Waals surface area contributed by atoms with Gasteiger partial charge < -0.3 is 10.2 Å². The van der Waals surface area contributed by atoms with E-state index in [9.17, 15) is 19.7 Å². The summed E-state index contributed by atoms with van der Waals surface area (Å²) in [6, 6.07) is 13.9. The highest BCUT2D eigenvalue weighted by Crippen LogP contribution is 2.42. The lowest BCUT2D eigenvalue weighted by molar-refractivity contribution is -0.384. The third kappa shape index (κ3) is 3.94. The quantitative estimate of drug-likeness (QED) is 0.464. The highest BCUT2D eigenvalue weighted by atomic mass is 16.6. The summed E-state index contributed by atoms with van der Waals surface area (Å²) in [6.07, 6.45) is 1.86. The molecule has 1 N–H and O–H groups in total. The number of carbonyl (C=O) groups is 2. The molecule has 2 heterocycles. The number of benzene rings is 2. The molecule has 1 fully saturated rings. The normalized spacial score (nSPS) is 18.6. The van der Waals surface area contributed by atoms with Gasteiger partial charge in [0.2, 0.25) is 5.91 Å². The molecule has 0 atom stereocenters. The van der Waals surface area contributed by atoms with Crippen LogP contribution in [0.4, 0.5) is 11.4 Å². The molecule has 2 aromatic rings. The monoisotopic (exact) mass is 420 g/mol. The smallest absolute Gasteiger partial charge is 0.271 e. The third-order valence-corrected chi connectivity index (χ3v) is 5.81. The van der Waals surface area contributed by atoms with Crippen LogP contribution >= 0.6 is 0 Å². The summed E-state index contributed by atoms with van der Waals surface area (Å²) in [5.41, 5.74) is 2.46. The molecule has 2 amide bonds. The average Bonchev–Trinajstić information content (AvgIpc) is 3.05. The van der Waals surface area contributed by atoms with Gasteiger partial charge in [-0.05, 0) is 44.6 Å². The number of piperidine rings is 1. The van der Waals surface area contributed by atoms with E-state index in [2.05, 4.69) is 17.3 Å². The van der Waals surface area contributed by atoms with Crippen LogP contribution in [-0.2, 0) is 9.59 Å². The molecular weight excluding hydrogens is 396 g/mol. The number of hydrogen-bond acceptors (Lipinski definition) is 6. The number of anilines is 1. The third-order valence-electron chi connectivity index (χ3n) is 5.81. The summed E-state index contributed by atoms with van der Waals surface area (Å²) in [6.45, 7) is 3.19. The zero-order valence-corrected chi connectivity index (χ0v) is 17.5. The van der Waals surface area contributed by atoms with Crippen molar-refractivity contribution in [3.63, 3.8) is 0 Å². The zero-order chi connectivity index (χ0) is 22.1. The van der Waals surface area contributed by atoms with Gasteiger partial charge in [-0.3, -0.25) is 19.7 Å². The van der Waals surface area contributed by atoms with Crippen LogP contribution in [0.15, 0.2) is 48.5 Å². The summed E-state index contributed by atoms with van der Waals surface area (Å²) in [4.78, 5) is 39.8. The molecule has 160 valence electrons. The van der Waals surface area contributed by atoms with Gasteiger partial charge in [-0.2, -0.15) is 0 Å². The number of nitro benzene ring substituents is 1. The van der Waals surface area contributed by atoms with E-state index in [0.717, 1.165) is 36.4 Å². The van der Waals surface area contributed by atoms with Crippen molar-refractivity contribution < 1.29 is 14.5 Å². The Morgan fingerprint density at radius 2 is 1.81 bits per heavy atom. The Balaban J connectivity index is 1.88. The number of carbonyl (C=O) groups excluding carboxylic acids is 2. The second kappa shape index (κ2) is 8.31. The second-order valence-corrected chi connectivity index (χ2v) is 7.96. The number of likely N-dealkylation sites (tertiary alicyclic amines) is 1. The predicted octanol–water partition coefficient (Wildman–Crippen LogP) is 3.04. The lowest BCUT2D eigenvalue weighted by atomic mass is 9.97. The van der Waals surface area contributed by atoms with Gasteiger partial charge in [-0.25, -0.2) is 4.90 Å². The maximum atomic E-state index is 13.4. The van der Waals surface area contributed by atoms with E-state index < -0.39 is 16.7 Å². The Hall–Kier alpha value is -3.52. The van der Waals surface area contributed by atoms with Gasteiger partial charge in [0.1, 0.15) is 0 Å². The van der Waals surface area contributed by atoms with Crippen LogP contribution in [0.1, 0.15) is 30.9 Å². The lowest BCUT2D eigenvalue weighted by Crippen LogP contribution is -2.40. The molecular formula is C23H24N4O4. The van der Waals surface area contributed by atoms with Crippen LogP contribution in [-0.4, -0.2) is 47.8 Å². The molecule has 0 aliphatic carbocycles. The molecule has 0 unspecified atom stereocenters. The van der Waals surface area contributed by atoms with Gasteiger partial charge in [0.15, 0.2) is 0 Å². The van der Waals surface area contributed by atoms with Crippen LogP contribution in [0.2, 0.25) is 0 Å². The molecule has 0 radical (unpaired) electrons. The van der Waals surface area contributed by atoms with E-state index in [4.69, 9.17) is 0 Å². The Morgan fingerprint density at radius 3 is 2.42 bits per heavy atom. The molecule has 2 aromatic carbocycles. The van der Waals surface area contributed by atoms with Crippen LogP contribution in [0.5, 0.6) is 0 Å². The van der Waals surface area contributed by atoms with Gasteiger partial charge in [0, 0.05) is 30.7 Å². The van der Waals surface area contributed by atoms with Crippen LogP contribution < -0.4 is 10.2 Å². The number of hydrogen-bond donors (Lipinski definition) is 1. The van der Waals surface area contributed by atoms with E-state index in [-0.39, 0.29) is 17.4 Å². The van der Waals surface area contributed by atoms with Gasteiger partial charge in [0.05, 0.1) is 21.9 Å². The number of imide groups is 1. The van der Waals surface area contributed by atoms with Crippen molar-refractivity contribution in [3.8, 4) is 0 Å². The van der Waals surface area contributed by atoms with E-state index >= 15 is 0 Å². The lowest BCUT2D eigenvalue weighted by Gasteiger charge is -2.31. The first kappa shape index (κ1) is 20.7. The number of non-ortho nitro benzene ring substituents is 1. The SMILES string of the molecule is CC(=O)N1C(=O)/C(=C(\NC2CCN(C)CC2)c2ccccc2)c2ccc([N+](=O)[O-])cc21. The fourth-order valence-corrected chi connectivity index (χ4v) is 4.18. The van der Waals surface area contributed by atoms with E-state index in [1.807, 2.05) is 30.3 Å². The zero-order valence-electron chi connectivity index (χ0n) is 17.5. The maximum Gasteiger partial charge on any atom is 0.271 e. The summed E-state index contributed by atoms with van der Waals surface area (Å²) in [5, 5.41) is 14.8. The molecule has 2 aliphatic rings. The highest BCUT2D eigenvalue weighted by Gasteiger charge is 2.39. The number of fused-ring (bicyclic) bond motifs is 1. The molecule has 8 heteroatoms. The molecule has 1 saturated heterocycles. The number of nitrogens with one attached hydrogen (secondary N) is 1. The van der Waals surface area contributed by atoms with Gasteiger partial charge in [-0.1, -0.05) is 30.3 Å². The molecule has 31 heavy (non-hydrogen) atoms. The van der Waals surface area contributed by atoms with E-state index in [1.54, 1.807) is 6.07 Å². The molecule has 0 spiro atoms. The van der Waals surface area contributed by atoms with Crippen LogP contribution in [0.3, 0.4) is 0 Å². The Labute approximate surface area is 180 Å². The van der Waals surface area contributed by atoms with Crippen molar-refractivity contribution in [2.75, 3.05) is 25.0 Å². The minimum Gasteiger partial charge on any atom is -0.381 e. The largest absolute Gasteiger partial charge is 0.381 e. The first-order chi connectivity index (χ1) is 14.9. The predicted molar refractivity (Wildman–Crippen MR) is 118 cm³/mol. The molecule has 2 aliphatic heterocycles. The van der Waals surface area contributed by atoms with Crippen molar-refractivity contribution in [2.45, 2.75) is 25.8 Å². The fraction of sp³-hybridized carbons (Fsp3) is 0.304. The number of nitrogens with zero attached hydrogens (tertiary/aromatic N) is 3. The Kier molecular flexibility index (Phi) is 5.56. The minimum absolute atomic E-state index is 0.163. The summed E-state index contributed by atoms with van der Waals surface area (Å²) in [5.74, 6) is -0.948. The molecule has 0 bridgehead atoms. The van der Waals surface area contributed by atoms with Crippen molar-refractivity contribution in [1.82, 2.24) is 10.2 Å². The van der Waals surface area contributed by atoms with Crippen molar-refractivity contribution >= 4 is 34.5 Å². The Morgan fingerprint density at radius 1 is 1.13 bits per heavy atom. The second-order valence-electron chi connectivity index (χ2n) is 7.96. The van der Waals surface area contributed by atoms with Crippen molar-refractivity contribution in [3.05, 3.63) is 69.8 Å². The fourth-order valence-electron chi connectivity index (χ4n) is 4.18.